The highest BCUT2D eigenvalue weighted by Crippen LogP contribution is 2.30. The molecule has 0 saturated carbocycles. The summed E-state index contributed by atoms with van der Waals surface area (Å²) in [4.78, 5) is 17.9. The Kier molecular flexibility index (Phi) is 5.37. The van der Waals surface area contributed by atoms with Gasteiger partial charge in [0.1, 0.15) is 0 Å². The summed E-state index contributed by atoms with van der Waals surface area (Å²) in [7, 11) is -1.95. The molecule has 0 spiro atoms. The van der Waals surface area contributed by atoms with E-state index in [0.29, 0.717) is 28.6 Å². The zero-order valence-electron chi connectivity index (χ0n) is 17.6. The summed E-state index contributed by atoms with van der Waals surface area (Å²) >= 11 is 0. The van der Waals surface area contributed by atoms with E-state index in [1.54, 1.807) is 16.8 Å². The fraction of sp³-hybridized carbons (Fsp3) is 0.167. The van der Waals surface area contributed by atoms with Crippen LogP contribution in [0.1, 0.15) is 12.6 Å². The summed E-state index contributed by atoms with van der Waals surface area (Å²) in [5, 5.41) is 1.41. The minimum Gasteiger partial charge on any atom is -0.281 e. The van der Waals surface area contributed by atoms with Gasteiger partial charge >= 0.3 is 0 Å². The van der Waals surface area contributed by atoms with E-state index < -0.39 is 10.0 Å². The molecule has 6 nitrogen and oxygen atoms in total. The van der Waals surface area contributed by atoms with Crippen LogP contribution in [0.4, 0.5) is 5.69 Å². The van der Waals surface area contributed by atoms with Crippen LogP contribution < -0.4 is 9.86 Å². The molecule has 0 unspecified atom stereocenters. The highest BCUT2D eigenvalue weighted by molar-refractivity contribution is 7.92. The normalized spacial score (nSPS) is 11.6. The van der Waals surface area contributed by atoms with Crippen molar-refractivity contribution in [1.29, 1.82) is 0 Å². The minimum atomic E-state index is -3.43. The molecule has 0 N–H and O–H groups in total. The van der Waals surface area contributed by atoms with Gasteiger partial charge in [-0.15, -0.1) is 0 Å². The summed E-state index contributed by atoms with van der Waals surface area (Å²) in [5.41, 5.74) is 3.45. The number of anilines is 1. The second kappa shape index (κ2) is 8.00. The molecule has 7 heteroatoms. The highest BCUT2D eigenvalue weighted by atomic mass is 32.2. The molecule has 0 aliphatic carbocycles. The van der Waals surface area contributed by atoms with E-state index in [1.165, 1.54) is 17.5 Å². The van der Waals surface area contributed by atoms with Crippen molar-refractivity contribution in [2.24, 2.45) is 0 Å². The first-order valence-electron chi connectivity index (χ1n) is 9.93. The van der Waals surface area contributed by atoms with Gasteiger partial charge in [0.25, 0.3) is 5.56 Å². The zero-order valence-corrected chi connectivity index (χ0v) is 18.4. The Bertz CT molecular complexity index is 1430. The maximum Gasteiger partial charge on any atom is 0.263 e. The van der Waals surface area contributed by atoms with Gasteiger partial charge in [-0.3, -0.25) is 18.7 Å². The van der Waals surface area contributed by atoms with Gasteiger partial charge in [-0.05, 0) is 41.6 Å². The fourth-order valence-corrected chi connectivity index (χ4v) is 4.20. The molecule has 2 heterocycles. The number of pyridine rings is 2. The minimum absolute atomic E-state index is 0.113. The zero-order chi connectivity index (χ0) is 22.2. The lowest BCUT2D eigenvalue weighted by molar-refractivity contribution is 0.600. The molecular formula is C24H23N3O3S. The van der Waals surface area contributed by atoms with Crippen molar-refractivity contribution >= 4 is 26.5 Å². The highest BCUT2D eigenvalue weighted by Gasteiger charge is 2.17. The van der Waals surface area contributed by atoms with Crippen LogP contribution in [-0.4, -0.2) is 31.3 Å². The molecular weight excluding hydrogens is 410 g/mol. The number of nitrogens with zero attached hydrogens (tertiary/aromatic N) is 3. The lowest BCUT2D eigenvalue weighted by Gasteiger charge is -2.18. The lowest BCUT2D eigenvalue weighted by Crippen LogP contribution is -2.25. The number of aryl methyl sites for hydroxylation is 1. The van der Waals surface area contributed by atoms with E-state index >= 15 is 0 Å². The average Bonchev–Trinajstić information content (AvgIpc) is 2.78. The molecule has 2 aromatic carbocycles. The molecule has 4 rings (SSSR count). The Morgan fingerprint density at radius 3 is 2.42 bits per heavy atom. The maximum absolute atomic E-state index is 13.7. The van der Waals surface area contributed by atoms with Crippen molar-refractivity contribution < 1.29 is 8.42 Å². The quantitative estimate of drug-likeness (QED) is 0.477. The van der Waals surface area contributed by atoms with Crippen LogP contribution >= 0.6 is 0 Å². The van der Waals surface area contributed by atoms with Gasteiger partial charge in [-0.1, -0.05) is 43.3 Å². The SMILES string of the molecule is CCc1cc2cccc(-c3cncc(N(C)S(C)(=O)=O)c3)c2c(=O)n1-c1ccccc1. The number of benzene rings is 2. The van der Waals surface area contributed by atoms with Gasteiger partial charge in [0.05, 0.1) is 23.5 Å². The third-order valence-electron chi connectivity index (χ3n) is 5.40. The van der Waals surface area contributed by atoms with Crippen molar-refractivity contribution in [3.05, 3.63) is 89.1 Å². The number of hydrogen-bond acceptors (Lipinski definition) is 4. The number of para-hydroxylation sites is 1. The van der Waals surface area contributed by atoms with Crippen LogP contribution in [0.3, 0.4) is 0 Å². The third kappa shape index (κ3) is 3.84. The van der Waals surface area contributed by atoms with Crippen molar-refractivity contribution in [3.8, 4) is 16.8 Å². The number of hydrogen-bond donors (Lipinski definition) is 0. The Hall–Kier alpha value is -3.45. The summed E-state index contributed by atoms with van der Waals surface area (Å²) in [6, 6.07) is 19.0. The van der Waals surface area contributed by atoms with Gasteiger partial charge in [0.2, 0.25) is 10.0 Å². The fourth-order valence-electron chi connectivity index (χ4n) is 3.72. The molecule has 0 fully saturated rings. The van der Waals surface area contributed by atoms with Crippen molar-refractivity contribution in [1.82, 2.24) is 9.55 Å². The van der Waals surface area contributed by atoms with Crippen molar-refractivity contribution in [3.63, 3.8) is 0 Å². The van der Waals surface area contributed by atoms with Crippen LogP contribution in [0.2, 0.25) is 0 Å². The molecule has 0 bridgehead atoms. The molecule has 4 aromatic rings. The molecule has 0 aliphatic heterocycles. The standard InChI is InChI=1S/C24H23N3O3S/c1-4-19-13-17-9-8-12-22(18-14-21(16-25-15-18)26(2)31(3,29)30)23(17)24(28)27(19)20-10-6-5-7-11-20/h5-16H,4H2,1-3H3. The predicted octanol–water partition coefficient (Wildman–Crippen LogP) is 4.01. The summed E-state index contributed by atoms with van der Waals surface area (Å²) in [5.74, 6) is 0. The molecule has 0 amide bonds. The van der Waals surface area contributed by atoms with E-state index in [9.17, 15) is 13.2 Å². The van der Waals surface area contributed by atoms with Crippen LogP contribution in [0.25, 0.3) is 27.6 Å². The molecule has 158 valence electrons. The predicted molar refractivity (Wildman–Crippen MR) is 125 cm³/mol. The second-order valence-corrected chi connectivity index (χ2v) is 9.41. The average molecular weight is 434 g/mol. The first kappa shape index (κ1) is 20.8. The lowest BCUT2D eigenvalue weighted by atomic mass is 9.99. The van der Waals surface area contributed by atoms with Crippen molar-refractivity contribution in [2.75, 3.05) is 17.6 Å². The Labute approximate surface area is 181 Å². The van der Waals surface area contributed by atoms with Crippen molar-refractivity contribution in [2.45, 2.75) is 13.3 Å². The first-order chi connectivity index (χ1) is 14.8. The topological polar surface area (TPSA) is 72.3 Å². The second-order valence-electron chi connectivity index (χ2n) is 7.40. The maximum atomic E-state index is 13.7. The summed E-state index contributed by atoms with van der Waals surface area (Å²) in [6.45, 7) is 2.03. The van der Waals surface area contributed by atoms with Gasteiger partial charge in [-0.2, -0.15) is 0 Å². The summed E-state index contributed by atoms with van der Waals surface area (Å²) < 4.78 is 26.8. The Morgan fingerprint density at radius 2 is 1.74 bits per heavy atom. The summed E-state index contributed by atoms with van der Waals surface area (Å²) in [6.07, 6.45) is 4.99. The Morgan fingerprint density at radius 1 is 1.00 bits per heavy atom. The molecule has 0 saturated heterocycles. The first-order valence-corrected chi connectivity index (χ1v) is 11.8. The molecule has 0 aliphatic rings. The number of sulfonamides is 1. The van der Waals surface area contributed by atoms with Gasteiger partial charge in [0, 0.05) is 30.2 Å². The third-order valence-corrected chi connectivity index (χ3v) is 6.60. The van der Waals surface area contributed by atoms with Gasteiger partial charge in [0.15, 0.2) is 0 Å². The van der Waals surface area contributed by atoms with E-state index in [-0.39, 0.29) is 5.56 Å². The number of aromatic nitrogens is 2. The number of fused-ring (bicyclic) bond motifs is 1. The largest absolute Gasteiger partial charge is 0.281 e. The van der Waals surface area contributed by atoms with Gasteiger partial charge in [-0.25, -0.2) is 8.42 Å². The van der Waals surface area contributed by atoms with Crippen LogP contribution in [-0.2, 0) is 16.4 Å². The van der Waals surface area contributed by atoms with E-state index in [4.69, 9.17) is 0 Å². The van der Waals surface area contributed by atoms with E-state index in [2.05, 4.69) is 4.98 Å². The van der Waals surface area contributed by atoms with Gasteiger partial charge < -0.3 is 0 Å². The van der Waals surface area contributed by atoms with E-state index in [1.807, 2.05) is 61.5 Å². The molecule has 0 atom stereocenters. The Balaban J connectivity index is 2.01. The number of rotatable bonds is 5. The smallest absolute Gasteiger partial charge is 0.263 e. The monoisotopic (exact) mass is 433 g/mol. The van der Waals surface area contributed by atoms with E-state index in [0.717, 1.165) is 23.0 Å². The van der Waals surface area contributed by atoms with Crippen LogP contribution in [0.5, 0.6) is 0 Å². The molecule has 0 radical (unpaired) electrons. The molecule has 31 heavy (non-hydrogen) atoms. The molecule has 2 aromatic heterocycles. The van der Waals surface area contributed by atoms with Crippen LogP contribution in [0, 0.1) is 0 Å². The van der Waals surface area contributed by atoms with Crippen LogP contribution in [0.15, 0.2) is 77.9 Å².